The quantitative estimate of drug-likeness (QED) is 0.380. The Bertz CT molecular complexity index is 1200. The Morgan fingerprint density at radius 2 is 2.06 bits per heavy atom. The minimum atomic E-state index is -1.06. The van der Waals surface area contributed by atoms with Gasteiger partial charge in [0.15, 0.2) is 5.82 Å². The molecule has 0 radical (unpaired) electrons. The minimum absolute atomic E-state index is 0.265. The van der Waals surface area contributed by atoms with E-state index in [2.05, 4.69) is 25.6 Å². The summed E-state index contributed by atoms with van der Waals surface area (Å²) >= 11 is 6.40. The fraction of sp³-hybridized carbons (Fsp3) is 0.143. The number of hydrogen-bond acceptors (Lipinski definition) is 6. The number of amides is 1. The zero-order chi connectivity index (χ0) is 21.6. The van der Waals surface area contributed by atoms with Crippen LogP contribution in [0.4, 0.5) is 16.3 Å². The standard InChI is InChI=1S/C21H19ClN6O3/c22-16-11-14(4-5-18(16)31-12-15-3-1-2-7-23-15)27-20-19-17(25-13-26-20)6-9-28(19)10-8-24-21(29)30/h1-7,9,11,13,24H,8,10,12H2,(H,29,30)(H,25,26,27). The number of nitrogens with zero attached hydrogens (tertiary/aromatic N) is 4. The molecule has 9 nitrogen and oxygen atoms in total. The smallest absolute Gasteiger partial charge is 0.404 e. The van der Waals surface area contributed by atoms with Crippen molar-refractivity contribution in [1.29, 1.82) is 0 Å². The molecule has 4 rings (SSSR count). The zero-order valence-corrected chi connectivity index (χ0v) is 17.1. The molecule has 31 heavy (non-hydrogen) atoms. The van der Waals surface area contributed by atoms with E-state index in [1.807, 2.05) is 41.1 Å². The van der Waals surface area contributed by atoms with Gasteiger partial charge in [-0.2, -0.15) is 0 Å². The van der Waals surface area contributed by atoms with Crippen molar-refractivity contribution in [2.24, 2.45) is 0 Å². The molecule has 0 spiro atoms. The predicted octanol–water partition coefficient (Wildman–Crippen LogP) is 4.07. The number of rotatable bonds is 8. The molecule has 0 bridgehead atoms. The molecule has 1 amide bonds. The van der Waals surface area contributed by atoms with Gasteiger partial charge < -0.3 is 25.0 Å². The Morgan fingerprint density at radius 1 is 1.16 bits per heavy atom. The van der Waals surface area contributed by atoms with Crippen molar-refractivity contribution in [2.75, 3.05) is 11.9 Å². The van der Waals surface area contributed by atoms with Crippen molar-refractivity contribution in [3.8, 4) is 5.75 Å². The predicted molar refractivity (Wildman–Crippen MR) is 117 cm³/mol. The average molecular weight is 439 g/mol. The molecular weight excluding hydrogens is 420 g/mol. The highest BCUT2D eigenvalue weighted by Gasteiger charge is 2.11. The van der Waals surface area contributed by atoms with Gasteiger partial charge in [0.25, 0.3) is 0 Å². The SMILES string of the molecule is O=C(O)NCCn1ccc2ncnc(Nc3ccc(OCc4ccccn4)c(Cl)c3)c21. The van der Waals surface area contributed by atoms with E-state index in [0.29, 0.717) is 29.7 Å². The fourth-order valence-corrected chi connectivity index (χ4v) is 3.30. The summed E-state index contributed by atoms with van der Waals surface area (Å²) in [4.78, 5) is 23.5. The highest BCUT2D eigenvalue weighted by molar-refractivity contribution is 6.32. The summed E-state index contributed by atoms with van der Waals surface area (Å²) in [5.74, 6) is 1.14. The van der Waals surface area contributed by atoms with Crippen LogP contribution in [0.3, 0.4) is 0 Å². The Labute approximate surface area is 182 Å². The summed E-state index contributed by atoms with van der Waals surface area (Å²) < 4.78 is 7.65. The van der Waals surface area contributed by atoms with Crippen LogP contribution in [0.25, 0.3) is 11.0 Å². The number of anilines is 2. The third-order valence-corrected chi connectivity index (χ3v) is 4.77. The molecule has 0 aliphatic carbocycles. The fourth-order valence-electron chi connectivity index (χ4n) is 3.06. The van der Waals surface area contributed by atoms with E-state index in [4.69, 9.17) is 21.4 Å². The summed E-state index contributed by atoms with van der Waals surface area (Å²) in [6, 6.07) is 12.9. The minimum Gasteiger partial charge on any atom is -0.486 e. The van der Waals surface area contributed by atoms with Crippen molar-refractivity contribution in [3.05, 3.63) is 71.9 Å². The summed E-state index contributed by atoms with van der Waals surface area (Å²) in [5.41, 5.74) is 3.05. The van der Waals surface area contributed by atoms with Gasteiger partial charge >= 0.3 is 6.09 Å². The molecule has 0 atom stereocenters. The third-order valence-electron chi connectivity index (χ3n) is 4.48. The molecule has 3 heterocycles. The van der Waals surface area contributed by atoms with Crippen molar-refractivity contribution in [3.63, 3.8) is 0 Å². The summed E-state index contributed by atoms with van der Waals surface area (Å²) in [6.07, 6.45) is 3.96. The molecule has 1 aromatic carbocycles. The van der Waals surface area contributed by atoms with E-state index in [1.54, 1.807) is 18.3 Å². The maximum absolute atomic E-state index is 10.7. The lowest BCUT2D eigenvalue weighted by atomic mass is 10.3. The Kier molecular flexibility index (Phi) is 6.13. The molecule has 3 N–H and O–H groups in total. The van der Waals surface area contributed by atoms with Gasteiger partial charge in [0.1, 0.15) is 24.2 Å². The second kappa shape index (κ2) is 9.31. The number of hydrogen-bond donors (Lipinski definition) is 3. The van der Waals surface area contributed by atoms with E-state index in [9.17, 15) is 4.79 Å². The topological polar surface area (TPSA) is 114 Å². The van der Waals surface area contributed by atoms with E-state index in [0.717, 1.165) is 22.4 Å². The first kappa shape index (κ1) is 20.4. The number of carbonyl (C=O) groups is 1. The first-order chi connectivity index (χ1) is 15.1. The van der Waals surface area contributed by atoms with Crippen LogP contribution in [-0.4, -0.2) is 37.3 Å². The molecule has 3 aromatic heterocycles. The van der Waals surface area contributed by atoms with Gasteiger partial charge in [-0.3, -0.25) is 4.98 Å². The van der Waals surface area contributed by atoms with Crippen LogP contribution in [0, 0.1) is 0 Å². The maximum Gasteiger partial charge on any atom is 0.404 e. The molecule has 0 saturated carbocycles. The van der Waals surface area contributed by atoms with Gasteiger partial charge in [-0.05, 0) is 36.4 Å². The van der Waals surface area contributed by atoms with Crippen LogP contribution in [0.1, 0.15) is 5.69 Å². The van der Waals surface area contributed by atoms with Crippen molar-refractivity contribution < 1.29 is 14.6 Å². The maximum atomic E-state index is 10.7. The first-order valence-corrected chi connectivity index (χ1v) is 9.84. The lowest BCUT2D eigenvalue weighted by Gasteiger charge is -2.12. The lowest BCUT2D eigenvalue weighted by Crippen LogP contribution is -2.25. The van der Waals surface area contributed by atoms with Gasteiger partial charge in [0.05, 0.1) is 16.2 Å². The third kappa shape index (κ3) is 5.01. The second-order valence-corrected chi connectivity index (χ2v) is 6.98. The molecule has 0 unspecified atom stereocenters. The number of halogens is 1. The van der Waals surface area contributed by atoms with Gasteiger partial charge in [-0.1, -0.05) is 17.7 Å². The number of pyridine rings is 1. The van der Waals surface area contributed by atoms with Crippen LogP contribution in [0.5, 0.6) is 5.75 Å². The Balaban J connectivity index is 1.50. The summed E-state index contributed by atoms with van der Waals surface area (Å²) in [7, 11) is 0. The van der Waals surface area contributed by atoms with E-state index >= 15 is 0 Å². The monoisotopic (exact) mass is 438 g/mol. The van der Waals surface area contributed by atoms with Gasteiger partial charge in [-0.25, -0.2) is 14.8 Å². The summed E-state index contributed by atoms with van der Waals surface area (Å²) in [6.45, 7) is 1.03. The van der Waals surface area contributed by atoms with Gasteiger partial charge in [0, 0.05) is 31.2 Å². The van der Waals surface area contributed by atoms with Crippen LogP contribution < -0.4 is 15.4 Å². The molecule has 4 aromatic rings. The molecular formula is C21H19ClN6O3. The van der Waals surface area contributed by atoms with Crippen molar-refractivity contribution >= 4 is 40.2 Å². The highest BCUT2D eigenvalue weighted by atomic mass is 35.5. The number of benzene rings is 1. The van der Waals surface area contributed by atoms with E-state index in [-0.39, 0.29) is 6.54 Å². The highest BCUT2D eigenvalue weighted by Crippen LogP contribution is 2.31. The van der Waals surface area contributed by atoms with E-state index < -0.39 is 6.09 Å². The van der Waals surface area contributed by atoms with E-state index in [1.165, 1.54) is 6.33 Å². The Morgan fingerprint density at radius 3 is 2.84 bits per heavy atom. The molecule has 158 valence electrons. The lowest BCUT2D eigenvalue weighted by molar-refractivity contribution is 0.194. The number of fused-ring (bicyclic) bond motifs is 1. The summed E-state index contributed by atoms with van der Waals surface area (Å²) in [5, 5.41) is 14.8. The van der Waals surface area contributed by atoms with Crippen molar-refractivity contribution in [1.82, 2.24) is 24.8 Å². The second-order valence-electron chi connectivity index (χ2n) is 6.58. The largest absolute Gasteiger partial charge is 0.486 e. The first-order valence-electron chi connectivity index (χ1n) is 9.46. The van der Waals surface area contributed by atoms with Gasteiger partial charge in [-0.15, -0.1) is 0 Å². The molecule has 10 heteroatoms. The number of ether oxygens (including phenoxy) is 1. The zero-order valence-electron chi connectivity index (χ0n) is 16.3. The normalized spacial score (nSPS) is 10.7. The van der Waals surface area contributed by atoms with Crippen LogP contribution >= 0.6 is 11.6 Å². The van der Waals surface area contributed by atoms with Crippen LogP contribution in [0.2, 0.25) is 5.02 Å². The van der Waals surface area contributed by atoms with Crippen molar-refractivity contribution in [2.45, 2.75) is 13.2 Å². The van der Waals surface area contributed by atoms with Crippen LogP contribution in [0.15, 0.2) is 61.2 Å². The average Bonchev–Trinajstić information content (AvgIpc) is 3.18. The number of nitrogens with one attached hydrogen (secondary N) is 2. The van der Waals surface area contributed by atoms with Gasteiger partial charge in [0.2, 0.25) is 0 Å². The number of carboxylic acid groups (broad SMARTS) is 1. The molecule has 0 saturated heterocycles. The molecule has 0 fully saturated rings. The Hall–Kier alpha value is -3.85. The molecule has 0 aliphatic heterocycles. The number of aromatic nitrogens is 4. The van der Waals surface area contributed by atoms with Crippen LogP contribution in [-0.2, 0) is 13.2 Å². The molecule has 0 aliphatic rings.